The van der Waals surface area contributed by atoms with Gasteiger partial charge in [-0.15, -0.1) is 0 Å². The molecule has 1 saturated carbocycles. The second-order valence-corrected chi connectivity index (χ2v) is 6.44. The second kappa shape index (κ2) is 5.80. The smallest absolute Gasteiger partial charge is 0.263 e. The molecule has 0 spiro atoms. The Hall–Kier alpha value is -1.75. The van der Waals surface area contributed by atoms with Gasteiger partial charge in [0.15, 0.2) is 17.1 Å². The van der Waals surface area contributed by atoms with Crippen LogP contribution in [0.15, 0.2) is 24.3 Å². The van der Waals surface area contributed by atoms with Crippen molar-refractivity contribution in [2.45, 2.75) is 44.4 Å². The van der Waals surface area contributed by atoms with Crippen LogP contribution in [0.1, 0.15) is 26.7 Å². The minimum Gasteiger partial charge on any atom is -0.493 e. The van der Waals surface area contributed by atoms with Crippen LogP contribution in [0.25, 0.3) is 0 Å². The van der Waals surface area contributed by atoms with E-state index in [1.54, 1.807) is 27.0 Å². The van der Waals surface area contributed by atoms with Crippen LogP contribution in [0.4, 0.5) is 0 Å². The van der Waals surface area contributed by atoms with Gasteiger partial charge < -0.3 is 19.5 Å². The number of hydrogen-bond donors (Lipinski definition) is 1. The highest BCUT2D eigenvalue weighted by molar-refractivity contribution is 5.85. The Bertz CT molecular complexity index is 557. The Morgan fingerprint density at radius 2 is 2.05 bits per heavy atom. The first-order valence-electron chi connectivity index (χ1n) is 7.76. The first kappa shape index (κ1) is 15.2. The van der Waals surface area contributed by atoms with Crippen molar-refractivity contribution in [3.63, 3.8) is 0 Å². The molecule has 0 radical (unpaired) electrons. The van der Waals surface area contributed by atoms with E-state index in [9.17, 15) is 4.79 Å². The molecule has 1 saturated heterocycles. The molecule has 0 unspecified atom stereocenters. The SMILES string of the molecule is COc1ccccc1OC(C)(C)C(=O)N[C@@H]1C[C@@H]2OCC[C@@H]21. The molecule has 1 aromatic carbocycles. The van der Waals surface area contributed by atoms with Gasteiger partial charge in [-0.2, -0.15) is 0 Å². The van der Waals surface area contributed by atoms with E-state index >= 15 is 0 Å². The Kier molecular flexibility index (Phi) is 4.00. The molecule has 120 valence electrons. The summed E-state index contributed by atoms with van der Waals surface area (Å²) in [5, 5.41) is 3.10. The van der Waals surface area contributed by atoms with E-state index in [2.05, 4.69) is 5.32 Å². The maximum absolute atomic E-state index is 12.5. The number of benzene rings is 1. The molecule has 2 fully saturated rings. The molecule has 3 atom stereocenters. The molecule has 22 heavy (non-hydrogen) atoms. The topological polar surface area (TPSA) is 56.8 Å². The molecule has 1 aromatic rings. The van der Waals surface area contributed by atoms with E-state index in [0.717, 1.165) is 19.4 Å². The van der Waals surface area contributed by atoms with Gasteiger partial charge in [-0.3, -0.25) is 4.79 Å². The third kappa shape index (κ3) is 2.77. The summed E-state index contributed by atoms with van der Waals surface area (Å²) in [7, 11) is 1.59. The molecule has 1 N–H and O–H groups in total. The number of amides is 1. The zero-order chi connectivity index (χ0) is 15.7. The van der Waals surface area contributed by atoms with Gasteiger partial charge in [-0.25, -0.2) is 0 Å². The van der Waals surface area contributed by atoms with Gasteiger partial charge in [-0.1, -0.05) is 12.1 Å². The highest BCUT2D eigenvalue weighted by atomic mass is 16.5. The van der Waals surface area contributed by atoms with Gasteiger partial charge in [-0.05, 0) is 38.8 Å². The van der Waals surface area contributed by atoms with Crippen molar-refractivity contribution in [2.24, 2.45) is 5.92 Å². The molecular weight excluding hydrogens is 282 g/mol. The van der Waals surface area contributed by atoms with Crippen LogP contribution < -0.4 is 14.8 Å². The molecule has 0 bridgehead atoms. The molecule has 5 nitrogen and oxygen atoms in total. The number of para-hydroxylation sites is 2. The number of fused-ring (bicyclic) bond motifs is 1. The van der Waals surface area contributed by atoms with E-state index in [-0.39, 0.29) is 11.9 Å². The minimum atomic E-state index is -0.959. The lowest BCUT2D eigenvalue weighted by atomic mass is 9.76. The standard InChI is InChI=1S/C17H23NO4/c1-17(2,22-14-7-5-4-6-13(14)20-3)16(19)18-12-10-15-11(12)8-9-21-15/h4-7,11-12,15H,8-10H2,1-3H3,(H,18,19)/t11-,12-,15+/m1/s1. The summed E-state index contributed by atoms with van der Waals surface area (Å²) in [6.07, 6.45) is 2.27. The second-order valence-electron chi connectivity index (χ2n) is 6.44. The van der Waals surface area contributed by atoms with E-state index in [0.29, 0.717) is 23.5 Å². The van der Waals surface area contributed by atoms with Crippen molar-refractivity contribution >= 4 is 5.91 Å². The van der Waals surface area contributed by atoms with Gasteiger partial charge in [0.05, 0.1) is 13.2 Å². The lowest BCUT2D eigenvalue weighted by Gasteiger charge is -2.40. The number of rotatable bonds is 5. The predicted molar refractivity (Wildman–Crippen MR) is 82.1 cm³/mol. The molecule has 3 rings (SSSR count). The molecule has 0 aromatic heterocycles. The average Bonchev–Trinajstić information content (AvgIpc) is 2.85. The van der Waals surface area contributed by atoms with Gasteiger partial charge in [0, 0.05) is 18.6 Å². The van der Waals surface area contributed by atoms with Gasteiger partial charge >= 0.3 is 0 Å². The molecule has 2 aliphatic rings. The van der Waals surface area contributed by atoms with Gasteiger partial charge in [0.25, 0.3) is 5.91 Å². The Labute approximate surface area is 130 Å². The molecule has 1 amide bonds. The van der Waals surface area contributed by atoms with E-state index < -0.39 is 5.60 Å². The van der Waals surface area contributed by atoms with Crippen LogP contribution in [0, 0.1) is 5.92 Å². The van der Waals surface area contributed by atoms with Crippen LogP contribution in [-0.2, 0) is 9.53 Å². The van der Waals surface area contributed by atoms with Crippen molar-refractivity contribution in [3.8, 4) is 11.5 Å². The van der Waals surface area contributed by atoms with Crippen molar-refractivity contribution in [3.05, 3.63) is 24.3 Å². The van der Waals surface area contributed by atoms with Crippen LogP contribution in [0.3, 0.4) is 0 Å². The molecule has 1 aliphatic carbocycles. The number of carbonyl (C=O) groups is 1. The van der Waals surface area contributed by atoms with Gasteiger partial charge in [0.1, 0.15) is 0 Å². The zero-order valence-electron chi connectivity index (χ0n) is 13.3. The summed E-state index contributed by atoms with van der Waals surface area (Å²) in [6.45, 7) is 4.36. The maximum Gasteiger partial charge on any atom is 0.263 e. The molecule has 1 heterocycles. The first-order chi connectivity index (χ1) is 10.5. The summed E-state index contributed by atoms with van der Waals surface area (Å²) < 4.78 is 16.7. The molecule has 1 aliphatic heterocycles. The summed E-state index contributed by atoms with van der Waals surface area (Å²) >= 11 is 0. The number of nitrogens with one attached hydrogen (secondary N) is 1. The van der Waals surface area contributed by atoms with E-state index in [1.807, 2.05) is 18.2 Å². The maximum atomic E-state index is 12.5. The number of methoxy groups -OCH3 is 1. The van der Waals surface area contributed by atoms with Crippen LogP contribution >= 0.6 is 0 Å². The van der Waals surface area contributed by atoms with Crippen molar-refractivity contribution in [1.82, 2.24) is 5.32 Å². The highest BCUT2D eigenvalue weighted by Crippen LogP contribution is 2.39. The van der Waals surface area contributed by atoms with E-state index in [1.165, 1.54) is 0 Å². The Morgan fingerprint density at radius 1 is 1.32 bits per heavy atom. The van der Waals surface area contributed by atoms with Gasteiger partial charge in [0.2, 0.25) is 0 Å². The zero-order valence-corrected chi connectivity index (χ0v) is 13.3. The predicted octanol–water partition coefficient (Wildman–Crippen LogP) is 2.15. The lowest BCUT2D eigenvalue weighted by Crippen LogP contribution is -2.58. The monoisotopic (exact) mass is 305 g/mol. The largest absolute Gasteiger partial charge is 0.493 e. The third-order valence-electron chi connectivity index (χ3n) is 4.56. The lowest BCUT2D eigenvalue weighted by molar-refractivity contribution is -0.137. The number of ether oxygens (including phenoxy) is 3. The molecule has 5 heteroatoms. The quantitative estimate of drug-likeness (QED) is 0.905. The third-order valence-corrected chi connectivity index (χ3v) is 4.56. The fraction of sp³-hybridized carbons (Fsp3) is 0.588. The summed E-state index contributed by atoms with van der Waals surface area (Å²) in [4.78, 5) is 12.5. The Morgan fingerprint density at radius 3 is 2.73 bits per heavy atom. The summed E-state index contributed by atoms with van der Waals surface area (Å²) in [5.74, 6) is 1.55. The fourth-order valence-corrected chi connectivity index (χ4v) is 3.13. The van der Waals surface area contributed by atoms with Crippen LogP contribution in [0.2, 0.25) is 0 Å². The molecular formula is C17H23NO4. The van der Waals surface area contributed by atoms with Crippen molar-refractivity contribution < 1.29 is 19.0 Å². The summed E-state index contributed by atoms with van der Waals surface area (Å²) in [5.41, 5.74) is -0.959. The summed E-state index contributed by atoms with van der Waals surface area (Å²) in [6, 6.07) is 7.56. The van der Waals surface area contributed by atoms with Crippen molar-refractivity contribution in [1.29, 1.82) is 0 Å². The first-order valence-corrected chi connectivity index (χ1v) is 7.76. The van der Waals surface area contributed by atoms with Crippen LogP contribution in [0.5, 0.6) is 11.5 Å². The highest BCUT2D eigenvalue weighted by Gasteiger charge is 2.47. The number of hydrogen-bond acceptors (Lipinski definition) is 4. The average molecular weight is 305 g/mol. The van der Waals surface area contributed by atoms with E-state index in [4.69, 9.17) is 14.2 Å². The fourth-order valence-electron chi connectivity index (χ4n) is 3.13. The minimum absolute atomic E-state index is 0.103. The normalized spacial score (nSPS) is 26.8. The number of carbonyl (C=O) groups excluding carboxylic acids is 1. The van der Waals surface area contributed by atoms with Crippen molar-refractivity contribution in [2.75, 3.05) is 13.7 Å². The Balaban J connectivity index is 1.63. The van der Waals surface area contributed by atoms with Crippen LogP contribution in [-0.4, -0.2) is 37.4 Å².